The van der Waals surface area contributed by atoms with Gasteiger partial charge in [-0.3, -0.25) is 14.6 Å². The fourth-order valence-corrected chi connectivity index (χ4v) is 3.59. The summed E-state index contributed by atoms with van der Waals surface area (Å²) in [5.74, 6) is 0.136. The molecule has 0 bridgehead atoms. The van der Waals surface area contributed by atoms with Crippen molar-refractivity contribution in [2.24, 2.45) is 0 Å². The molecule has 1 aromatic carbocycles. The third kappa shape index (κ3) is 4.92. The van der Waals surface area contributed by atoms with E-state index in [2.05, 4.69) is 4.98 Å². The predicted molar refractivity (Wildman–Crippen MR) is 107 cm³/mol. The third-order valence-corrected chi connectivity index (χ3v) is 5.14. The minimum Gasteiger partial charge on any atom is -0.507 e. The monoisotopic (exact) mass is 398 g/mol. The molecule has 0 unspecified atom stereocenters. The maximum absolute atomic E-state index is 13.3. The lowest BCUT2D eigenvalue weighted by Gasteiger charge is -2.36. The molecule has 0 saturated carbocycles. The van der Waals surface area contributed by atoms with Crippen LogP contribution in [0, 0.1) is 0 Å². The van der Waals surface area contributed by atoms with E-state index < -0.39 is 0 Å². The van der Waals surface area contributed by atoms with Crippen molar-refractivity contribution in [2.45, 2.75) is 31.7 Å². The zero-order valence-corrected chi connectivity index (χ0v) is 16.5. The van der Waals surface area contributed by atoms with Gasteiger partial charge in [0.15, 0.2) is 6.29 Å². The van der Waals surface area contributed by atoms with Crippen LogP contribution in [0.15, 0.2) is 36.5 Å². The number of carbonyl (C=O) groups is 2. The lowest BCUT2D eigenvalue weighted by molar-refractivity contribution is 0.0524. The van der Waals surface area contributed by atoms with E-state index in [1.54, 1.807) is 37.6 Å². The molecule has 1 atom stereocenters. The Morgan fingerprint density at radius 3 is 2.97 bits per heavy atom. The number of carbonyl (C=O) groups excluding carboxylic acids is 2. The summed E-state index contributed by atoms with van der Waals surface area (Å²) in [5, 5.41) is 9.83. The second kappa shape index (κ2) is 10.0. The van der Waals surface area contributed by atoms with E-state index in [1.807, 2.05) is 4.90 Å². The molecule has 0 radical (unpaired) electrons. The van der Waals surface area contributed by atoms with Crippen LogP contribution in [0.1, 0.15) is 45.7 Å². The number of phenolic OH excluding ortho intramolecular Hbond substituents is 1. The lowest BCUT2D eigenvalue weighted by atomic mass is 10.0. The van der Waals surface area contributed by atoms with Crippen molar-refractivity contribution >= 4 is 12.2 Å². The number of ether oxygens (including phenoxy) is 2. The average molecular weight is 398 g/mol. The van der Waals surface area contributed by atoms with E-state index in [0.717, 1.165) is 25.0 Å². The van der Waals surface area contributed by atoms with Crippen LogP contribution in [0.3, 0.4) is 0 Å². The molecule has 1 N–H and O–H groups in total. The Bertz CT molecular complexity index is 855. The number of aromatic hydroxyl groups is 1. The molecule has 1 aromatic heterocycles. The molecular formula is C22H26N2O5. The predicted octanol–water partition coefficient (Wildman–Crippen LogP) is 2.86. The Balaban J connectivity index is 1.76. The first kappa shape index (κ1) is 20.8. The average Bonchev–Trinajstić information content (AvgIpc) is 2.76. The van der Waals surface area contributed by atoms with Gasteiger partial charge in [-0.05, 0) is 43.5 Å². The van der Waals surface area contributed by atoms with Crippen molar-refractivity contribution < 1.29 is 24.2 Å². The van der Waals surface area contributed by atoms with Gasteiger partial charge >= 0.3 is 0 Å². The number of pyridine rings is 1. The molecule has 154 valence electrons. The van der Waals surface area contributed by atoms with E-state index >= 15 is 0 Å². The number of phenols is 1. The van der Waals surface area contributed by atoms with E-state index in [4.69, 9.17) is 9.47 Å². The molecule has 1 fully saturated rings. The Labute approximate surface area is 170 Å². The van der Waals surface area contributed by atoms with Crippen LogP contribution in [0.5, 0.6) is 11.5 Å². The molecule has 3 rings (SSSR count). The molecule has 2 heterocycles. The normalized spacial score (nSPS) is 16.4. The van der Waals surface area contributed by atoms with E-state index in [9.17, 15) is 14.7 Å². The van der Waals surface area contributed by atoms with Crippen molar-refractivity contribution in [3.63, 3.8) is 0 Å². The number of benzene rings is 1. The maximum atomic E-state index is 13.3. The summed E-state index contributed by atoms with van der Waals surface area (Å²) in [6, 6.07) is 8.15. The van der Waals surface area contributed by atoms with Gasteiger partial charge in [0.1, 0.15) is 18.1 Å². The van der Waals surface area contributed by atoms with Crippen molar-refractivity contribution in [2.75, 3.05) is 26.9 Å². The quantitative estimate of drug-likeness (QED) is 0.688. The topological polar surface area (TPSA) is 89.0 Å². The molecule has 0 spiro atoms. The molecule has 0 aliphatic carbocycles. The minimum absolute atomic E-state index is 0.0657. The van der Waals surface area contributed by atoms with E-state index in [1.165, 1.54) is 6.07 Å². The highest BCUT2D eigenvalue weighted by Crippen LogP contribution is 2.27. The number of rotatable bonds is 8. The summed E-state index contributed by atoms with van der Waals surface area (Å²) in [7, 11) is 1.62. The molecule has 7 nitrogen and oxygen atoms in total. The molecule has 1 aliphatic heterocycles. The number of hydrogen-bond acceptors (Lipinski definition) is 6. The highest BCUT2D eigenvalue weighted by atomic mass is 16.5. The maximum Gasteiger partial charge on any atom is 0.256 e. The molecule has 29 heavy (non-hydrogen) atoms. The Morgan fingerprint density at radius 2 is 2.17 bits per heavy atom. The Morgan fingerprint density at radius 1 is 1.31 bits per heavy atom. The van der Waals surface area contributed by atoms with E-state index in [0.29, 0.717) is 37.2 Å². The van der Waals surface area contributed by atoms with Gasteiger partial charge in [-0.1, -0.05) is 6.07 Å². The highest BCUT2D eigenvalue weighted by molar-refractivity contribution is 5.95. The summed E-state index contributed by atoms with van der Waals surface area (Å²) < 4.78 is 11.0. The van der Waals surface area contributed by atoms with Gasteiger partial charge in [-0.15, -0.1) is 0 Å². The third-order valence-electron chi connectivity index (χ3n) is 5.14. The minimum atomic E-state index is -0.118. The summed E-state index contributed by atoms with van der Waals surface area (Å²) in [4.78, 5) is 30.7. The zero-order valence-electron chi connectivity index (χ0n) is 16.5. The second-order valence-electron chi connectivity index (χ2n) is 7.01. The fraction of sp³-hybridized carbons (Fsp3) is 0.409. The van der Waals surface area contributed by atoms with E-state index in [-0.39, 0.29) is 29.9 Å². The summed E-state index contributed by atoms with van der Waals surface area (Å²) in [6.45, 7) is 1.39. The second-order valence-corrected chi connectivity index (χ2v) is 7.01. The van der Waals surface area contributed by atoms with Gasteiger partial charge in [-0.25, -0.2) is 0 Å². The van der Waals surface area contributed by atoms with Gasteiger partial charge < -0.3 is 19.5 Å². The van der Waals surface area contributed by atoms with Crippen LogP contribution in [0.2, 0.25) is 0 Å². The number of likely N-dealkylation sites (tertiary alicyclic amines) is 1. The van der Waals surface area contributed by atoms with Gasteiger partial charge in [0, 0.05) is 26.3 Å². The van der Waals surface area contributed by atoms with Crippen LogP contribution in [-0.4, -0.2) is 60.1 Å². The smallest absolute Gasteiger partial charge is 0.256 e. The van der Waals surface area contributed by atoms with Crippen molar-refractivity contribution in [3.8, 4) is 11.5 Å². The first-order valence-corrected chi connectivity index (χ1v) is 9.79. The fourth-order valence-electron chi connectivity index (χ4n) is 3.59. The lowest BCUT2D eigenvalue weighted by Crippen LogP contribution is -2.47. The molecule has 1 saturated heterocycles. The Hall–Kier alpha value is -2.93. The standard InChI is InChI=1S/C22H26N2O5/c1-28-13-10-19-17(7-5-11-23-19)22(27)24-12-3-2-6-16(24)15-29-21-9-4-8-20(26)18(21)14-25/h4-5,7-9,11,14,16,26H,2-3,6,10,12-13,15H2,1H3/t16-/m0/s1. The largest absolute Gasteiger partial charge is 0.507 e. The van der Waals surface area contributed by atoms with Gasteiger partial charge in [-0.2, -0.15) is 0 Å². The molecular weight excluding hydrogens is 372 g/mol. The first-order chi connectivity index (χ1) is 14.2. The first-order valence-electron chi connectivity index (χ1n) is 9.79. The zero-order chi connectivity index (χ0) is 20.6. The number of aromatic nitrogens is 1. The number of hydrogen-bond donors (Lipinski definition) is 1. The number of amides is 1. The van der Waals surface area contributed by atoms with Gasteiger partial charge in [0.05, 0.1) is 29.5 Å². The van der Waals surface area contributed by atoms with Gasteiger partial charge in [0.25, 0.3) is 5.91 Å². The van der Waals surface area contributed by atoms with Gasteiger partial charge in [0.2, 0.25) is 0 Å². The molecule has 1 amide bonds. The number of piperidine rings is 1. The van der Waals surface area contributed by atoms with Crippen molar-refractivity contribution in [1.82, 2.24) is 9.88 Å². The summed E-state index contributed by atoms with van der Waals surface area (Å²) >= 11 is 0. The summed E-state index contributed by atoms with van der Waals surface area (Å²) in [5.41, 5.74) is 1.43. The van der Waals surface area contributed by atoms with Crippen molar-refractivity contribution in [3.05, 3.63) is 53.3 Å². The summed E-state index contributed by atoms with van der Waals surface area (Å²) in [6.07, 6.45) is 5.57. The number of nitrogens with zero attached hydrogens (tertiary/aromatic N) is 2. The SMILES string of the molecule is COCCc1ncccc1C(=O)N1CCCC[C@H]1COc1cccc(O)c1C=O. The van der Waals surface area contributed by atoms with Crippen LogP contribution < -0.4 is 4.74 Å². The van der Waals surface area contributed by atoms with Crippen LogP contribution in [0.25, 0.3) is 0 Å². The molecule has 7 heteroatoms. The number of methoxy groups -OCH3 is 1. The van der Waals surface area contributed by atoms with Crippen LogP contribution in [0.4, 0.5) is 0 Å². The van der Waals surface area contributed by atoms with Crippen molar-refractivity contribution in [1.29, 1.82) is 0 Å². The van der Waals surface area contributed by atoms with Crippen LogP contribution >= 0.6 is 0 Å². The van der Waals surface area contributed by atoms with Crippen LogP contribution in [-0.2, 0) is 11.2 Å². The molecule has 1 aliphatic rings. The Kier molecular flexibility index (Phi) is 7.19. The number of aldehydes is 1. The molecule has 2 aromatic rings. The highest BCUT2D eigenvalue weighted by Gasteiger charge is 2.29.